The number of likely N-dealkylation sites (N-methyl/N-ethyl adjacent to an activating group) is 1. The van der Waals surface area contributed by atoms with E-state index in [9.17, 15) is 0 Å². The van der Waals surface area contributed by atoms with Crippen LogP contribution in [0, 0.1) is 0 Å². The lowest BCUT2D eigenvalue weighted by Crippen LogP contribution is -2.41. The largest absolute Gasteiger partial charge is 0.453 e. The second-order valence-electron chi connectivity index (χ2n) is 4.03. The standard InChI is InChI=1S/C12H21BrN2O2/c1-4-15(9(2)8-16-3)10(7-14)11-5-6-12(13)17-11/h5-6,9-10H,4,7-8,14H2,1-3H3. The average Bonchev–Trinajstić information content (AvgIpc) is 2.72. The van der Waals surface area contributed by atoms with Gasteiger partial charge in [0.1, 0.15) is 5.76 Å². The molecule has 0 fully saturated rings. The van der Waals surface area contributed by atoms with Gasteiger partial charge in [-0.3, -0.25) is 4.90 Å². The number of ether oxygens (including phenoxy) is 1. The van der Waals surface area contributed by atoms with Gasteiger partial charge in [0.25, 0.3) is 0 Å². The van der Waals surface area contributed by atoms with Gasteiger partial charge in [-0.25, -0.2) is 0 Å². The number of rotatable bonds is 7. The maximum absolute atomic E-state index is 5.87. The zero-order valence-electron chi connectivity index (χ0n) is 10.6. The fraction of sp³-hybridized carbons (Fsp3) is 0.667. The van der Waals surface area contributed by atoms with Crippen LogP contribution in [0.25, 0.3) is 0 Å². The molecule has 1 aromatic rings. The van der Waals surface area contributed by atoms with Crippen LogP contribution in [0.15, 0.2) is 21.2 Å². The van der Waals surface area contributed by atoms with Crippen molar-refractivity contribution in [2.24, 2.45) is 5.73 Å². The molecule has 17 heavy (non-hydrogen) atoms. The van der Waals surface area contributed by atoms with Gasteiger partial charge < -0.3 is 14.9 Å². The molecule has 1 aromatic heterocycles. The molecular formula is C12H21BrN2O2. The van der Waals surface area contributed by atoms with Crippen LogP contribution in [0.1, 0.15) is 25.6 Å². The molecule has 0 saturated carbocycles. The van der Waals surface area contributed by atoms with E-state index >= 15 is 0 Å². The number of halogens is 1. The zero-order chi connectivity index (χ0) is 12.8. The van der Waals surface area contributed by atoms with E-state index in [1.807, 2.05) is 12.1 Å². The summed E-state index contributed by atoms with van der Waals surface area (Å²) in [6.07, 6.45) is 0. The molecule has 98 valence electrons. The molecule has 0 spiro atoms. The van der Waals surface area contributed by atoms with Crippen LogP contribution >= 0.6 is 15.9 Å². The fourth-order valence-electron chi connectivity index (χ4n) is 2.10. The highest BCUT2D eigenvalue weighted by Crippen LogP contribution is 2.26. The van der Waals surface area contributed by atoms with Gasteiger partial charge >= 0.3 is 0 Å². The maximum Gasteiger partial charge on any atom is 0.169 e. The van der Waals surface area contributed by atoms with E-state index < -0.39 is 0 Å². The Morgan fingerprint density at radius 2 is 2.24 bits per heavy atom. The number of nitrogens with zero attached hydrogens (tertiary/aromatic N) is 1. The Hall–Kier alpha value is -0.360. The number of furan rings is 1. The third-order valence-corrected chi connectivity index (χ3v) is 3.31. The first-order valence-corrected chi connectivity index (χ1v) is 6.63. The number of hydrogen-bond donors (Lipinski definition) is 1. The smallest absolute Gasteiger partial charge is 0.169 e. The van der Waals surface area contributed by atoms with E-state index in [1.54, 1.807) is 7.11 Å². The van der Waals surface area contributed by atoms with E-state index in [4.69, 9.17) is 14.9 Å². The molecule has 0 aliphatic heterocycles. The first kappa shape index (κ1) is 14.7. The summed E-state index contributed by atoms with van der Waals surface area (Å²) in [5.41, 5.74) is 5.87. The molecule has 5 heteroatoms. The lowest BCUT2D eigenvalue weighted by atomic mass is 10.1. The molecular weight excluding hydrogens is 284 g/mol. The Bertz CT molecular complexity index is 330. The number of hydrogen-bond acceptors (Lipinski definition) is 4. The van der Waals surface area contributed by atoms with E-state index in [1.165, 1.54) is 0 Å². The van der Waals surface area contributed by atoms with Crippen molar-refractivity contribution in [1.29, 1.82) is 0 Å². The van der Waals surface area contributed by atoms with Crippen LogP contribution in [-0.2, 0) is 4.74 Å². The van der Waals surface area contributed by atoms with E-state index in [-0.39, 0.29) is 6.04 Å². The molecule has 4 nitrogen and oxygen atoms in total. The third-order valence-electron chi connectivity index (χ3n) is 2.89. The molecule has 0 aliphatic rings. The van der Waals surface area contributed by atoms with Gasteiger partial charge in [0, 0.05) is 19.7 Å². The summed E-state index contributed by atoms with van der Waals surface area (Å²) in [6, 6.07) is 4.26. The van der Waals surface area contributed by atoms with Crippen molar-refractivity contribution >= 4 is 15.9 Å². The van der Waals surface area contributed by atoms with Crippen molar-refractivity contribution in [3.8, 4) is 0 Å². The average molecular weight is 305 g/mol. The molecule has 0 aliphatic carbocycles. The Labute approximate surface area is 111 Å². The molecule has 0 saturated heterocycles. The lowest BCUT2D eigenvalue weighted by molar-refractivity contribution is 0.0676. The minimum Gasteiger partial charge on any atom is -0.453 e. The summed E-state index contributed by atoms with van der Waals surface area (Å²) in [5.74, 6) is 0.893. The van der Waals surface area contributed by atoms with Crippen LogP contribution < -0.4 is 5.73 Å². The van der Waals surface area contributed by atoms with Gasteiger partial charge in [0.05, 0.1) is 12.6 Å². The molecule has 0 aromatic carbocycles. The van der Waals surface area contributed by atoms with Crippen LogP contribution in [-0.4, -0.2) is 37.7 Å². The molecule has 1 heterocycles. The highest BCUT2D eigenvalue weighted by Gasteiger charge is 2.24. The van der Waals surface area contributed by atoms with Crippen LogP contribution in [0.5, 0.6) is 0 Å². The summed E-state index contributed by atoms with van der Waals surface area (Å²) < 4.78 is 11.5. The van der Waals surface area contributed by atoms with E-state index in [2.05, 4.69) is 34.7 Å². The topological polar surface area (TPSA) is 51.6 Å². The van der Waals surface area contributed by atoms with Gasteiger partial charge in [0.15, 0.2) is 4.67 Å². The minimum atomic E-state index is 0.0939. The Morgan fingerprint density at radius 1 is 1.53 bits per heavy atom. The van der Waals surface area contributed by atoms with Crippen LogP contribution in [0.4, 0.5) is 0 Å². The number of methoxy groups -OCH3 is 1. The predicted molar refractivity (Wildman–Crippen MR) is 71.9 cm³/mol. The molecule has 2 N–H and O–H groups in total. The van der Waals surface area contributed by atoms with Crippen molar-refractivity contribution < 1.29 is 9.15 Å². The molecule has 1 rings (SSSR count). The molecule has 0 amide bonds. The van der Waals surface area contributed by atoms with Gasteiger partial charge in [-0.15, -0.1) is 0 Å². The Balaban J connectivity index is 2.83. The SMILES string of the molecule is CCN(C(C)COC)C(CN)c1ccc(Br)o1. The van der Waals surface area contributed by atoms with Crippen molar-refractivity contribution in [2.45, 2.75) is 25.9 Å². The van der Waals surface area contributed by atoms with E-state index in [0.717, 1.165) is 17.0 Å². The van der Waals surface area contributed by atoms with Gasteiger partial charge in [0.2, 0.25) is 0 Å². The second kappa shape index (κ2) is 7.16. The minimum absolute atomic E-state index is 0.0939. The second-order valence-corrected chi connectivity index (χ2v) is 4.81. The Kier molecular flexibility index (Phi) is 6.19. The normalized spacial score (nSPS) is 15.2. The summed E-state index contributed by atoms with van der Waals surface area (Å²) in [7, 11) is 1.71. The van der Waals surface area contributed by atoms with Gasteiger partial charge in [-0.1, -0.05) is 6.92 Å². The first-order valence-electron chi connectivity index (χ1n) is 5.84. The van der Waals surface area contributed by atoms with Crippen molar-refractivity contribution in [3.05, 3.63) is 22.6 Å². The highest BCUT2D eigenvalue weighted by molar-refractivity contribution is 9.10. The molecule has 2 unspecified atom stereocenters. The van der Waals surface area contributed by atoms with Crippen molar-refractivity contribution in [3.63, 3.8) is 0 Å². The van der Waals surface area contributed by atoms with Gasteiger partial charge in [-0.05, 0) is 41.5 Å². The van der Waals surface area contributed by atoms with Crippen LogP contribution in [0.3, 0.4) is 0 Å². The monoisotopic (exact) mass is 304 g/mol. The van der Waals surface area contributed by atoms with Crippen molar-refractivity contribution in [1.82, 2.24) is 4.90 Å². The predicted octanol–water partition coefficient (Wildman–Crippen LogP) is 2.40. The summed E-state index contributed by atoms with van der Waals surface area (Å²) in [6.45, 7) is 6.37. The number of nitrogens with two attached hydrogens (primary N) is 1. The fourth-order valence-corrected chi connectivity index (χ4v) is 2.42. The van der Waals surface area contributed by atoms with Crippen LogP contribution in [0.2, 0.25) is 0 Å². The Morgan fingerprint density at radius 3 is 2.65 bits per heavy atom. The molecule has 0 radical (unpaired) electrons. The highest BCUT2D eigenvalue weighted by atomic mass is 79.9. The lowest BCUT2D eigenvalue weighted by Gasteiger charge is -2.33. The molecule has 0 bridgehead atoms. The maximum atomic E-state index is 5.87. The molecule has 2 atom stereocenters. The van der Waals surface area contributed by atoms with Crippen molar-refractivity contribution in [2.75, 3.05) is 26.8 Å². The zero-order valence-corrected chi connectivity index (χ0v) is 12.2. The third kappa shape index (κ3) is 3.81. The first-order chi connectivity index (χ1) is 8.13. The quantitative estimate of drug-likeness (QED) is 0.840. The van der Waals surface area contributed by atoms with Gasteiger partial charge in [-0.2, -0.15) is 0 Å². The summed E-state index contributed by atoms with van der Waals surface area (Å²) in [5, 5.41) is 0. The summed E-state index contributed by atoms with van der Waals surface area (Å²) >= 11 is 3.32. The summed E-state index contributed by atoms with van der Waals surface area (Å²) in [4.78, 5) is 2.29. The van der Waals surface area contributed by atoms with E-state index in [0.29, 0.717) is 19.2 Å².